The lowest BCUT2D eigenvalue weighted by Gasteiger charge is -2.44. The lowest BCUT2D eigenvalue weighted by Crippen LogP contribution is -2.57. The van der Waals surface area contributed by atoms with Crippen molar-refractivity contribution in [3.05, 3.63) is 59.2 Å². The van der Waals surface area contributed by atoms with Gasteiger partial charge in [-0.3, -0.25) is 4.79 Å². The summed E-state index contributed by atoms with van der Waals surface area (Å²) in [6.45, 7) is 5.32. The third kappa shape index (κ3) is 3.23. The van der Waals surface area contributed by atoms with E-state index in [1.165, 1.54) is 25.9 Å². The molecule has 3 aliphatic heterocycles. The highest BCUT2D eigenvalue weighted by atomic mass is 16.1. The fraction of sp³-hybridized carbons (Fsp3) is 0.364. The van der Waals surface area contributed by atoms with Crippen molar-refractivity contribution < 1.29 is 4.79 Å². The fourth-order valence-electron chi connectivity index (χ4n) is 4.27. The predicted octanol–water partition coefficient (Wildman–Crippen LogP) is 3.36. The molecule has 0 spiro atoms. The van der Waals surface area contributed by atoms with Crippen LogP contribution in [0.5, 0.6) is 0 Å². The molecule has 3 saturated heterocycles. The average molecular weight is 345 g/mol. The van der Waals surface area contributed by atoms with Crippen LogP contribution in [0.2, 0.25) is 0 Å². The van der Waals surface area contributed by atoms with Crippen LogP contribution in [0.1, 0.15) is 34.3 Å². The van der Waals surface area contributed by atoms with Gasteiger partial charge in [0.25, 0.3) is 5.91 Å². The lowest BCUT2D eigenvalue weighted by atomic mass is 9.84. The summed E-state index contributed by atoms with van der Waals surface area (Å²) in [5, 5.41) is 12.3. The molecular formula is C22H23N3O. The Labute approximate surface area is 154 Å². The minimum absolute atomic E-state index is 0.0110. The van der Waals surface area contributed by atoms with Gasteiger partial charge in [0.05, 0.1) is 11.6 Å². The van der Waals surface area contributed by atoms with Gasteiger partial charge in [0.1, 0.15) is 0 Å². The molecule has 132 valence electrons. The van der Waals surface area contributed by atoms with Gasteiger partial charge in [-0.15, -0.1) is 0 Å². The Hall–Kier alpha value is -2.64. The van der Waals surface area contributed by atoms with Gasteiger partial charge in [-0.25, -0.2) is 0 Å². The third-order valence-corrected chi connectivity index (χ3v) is 5.76. The first kappa shape index (κ1) is 16.8. The van der Waals surface area contributed by atoms with E-state index in [2.05, 4.69) is 16.3 Å². The molecule has 1 atom stereocenters. The Morgan fingerprint density at radius 1 is 1.19 bits per heavy atom. The number of benzene rings is 2. The van der Waals surface area contributed by atoms with Gasteiger partial charge in [0.15, 0.2) is 0 Å². The zero-order valence-electron chi connectivity index (χ0n) is 15.0. The molecule has 4 nitrogen and oxygen atoms in total. The van der Waals surface area contributed by atoms with Crippen LogP contribution >= 0.6 is 0 Å². The third-order valence-electron chi connectivity index (χ3n) is 5.76. The Kier molecular flexibility index (Phi) is 4.48. The maximum atomic E-state index is 12.8. The molecule has 3 fully saturated rings. The Morgan fingerprint density at radius 2 is 2.00 bits per heavy atom. The van der Waals surface area contributed by atoms with Gasteiger partial charge in [-0.2, -0.15) is 5.26 Å². The average Bonchev–Trinajstić information content (AvgIpc) is 2.69. The van der Waals surface area contributed by atoms with Crippen LogP contribution in [0, 0.1) is 24.2 Å². The minimum Gasteiger partial charge on any atom is -0.348 e. The molecule has 3 heterocycles. The van der Waals surface area contributed by atoms with Crippen molar-refractivity contribution in [2.75, 3.05) is 19.6 Å². The van der Waals surface area contributed by atoms with Crippen molar-refractivity contribution in [1.82, 2.24) is 10.2 Å². The number of aryl methyl sites for hydroxylation is 1. The highest BCUT2D eigenvalue weighted by molar-refractivity contribution is 5.95. The van der Waals surface area contributed by atoms with E-state index in [0.717, 1.165) is 23.2 Å². The summed E-state index contributed by atoms with van der Waals surface area (Å²) in [6, 6.07) is 15.9. The van der Waals surface area contributed by atoms with Crippen LogP contribution in [0.25, 0.3) is 11.1 Å². The number of rotatable bonds is 3. The van der Waals surface area contributed by atoms with Gasteiger partial charge in [0.2, 0.25) is 0 Å². The zero-order valence-corrected chi connectivity index (χ0v) is 15.0. The summed E-state index contributed by atoms with van der Waals surface area (Å²) in [4.78, 5) is 15.2. The van der Waals surface area contributed by atoms with E-state index in [4.69, 9.17) is 5.26 Å². The quantitative estimate of drug-likeness (QED) is 0.928. The molecule has 1 N–H and O–H groups in total. The summed E-state index contributed by atoms with van der Waals surface area (Å²) in [5.74, 6) is 0.629. The smallest absolute Gasteiger partial charge is 0.251 e. The maximum absolute atomic E-state index is 12.8. The first-order chi connectivity index (χ1) is 12.6. The number of carbonyl (C=O) groups is 1. The monoisotopic (exact) mass is 345 g/mol. The number of amides is 1. The number of carbonyl (C=O) groups excluding carboxylic acids is 1. The van der Waals surface area contributed by atoms with Crippen molar-refractivity contribution in [3.8, 4) is 17.2 Å². The van der Waals surface area contributed by atoms with Crippen molar-refractivity contribution in [2.45, 2.75) is 25.8 Å². The van der Waals surface area contributed by atoms with Gasteiger partial charge in [-0.1, -0.05) is 18.2 Å². The van der Waals surface area contributed by atoms with Gasteiger partial charge in [0, 0.05) is 18.2 Å². The standard InChI is InChI=1S/C22H23N3O/c1-15-11-16(13-23)5-6-20(15)18-3-2-4-19(12-18)22(26)24-21-14-25-9-7-17(21)8-10-25/h2-6,11-12,17,21H,7-10,14H2,1H3,(H,24,26)/t21-/m0/s1. The molecule has 0 saturated carbocycles. The van der Waals surface area contributed by atoms with Gasteiger partial charge in [-0.05, 0) is 79.7 Å². The van der Waals surface area contributed by atoms with E-state index in [9.17, 15) is 4.79 Å². The van der Waals surface area contributed by atoms with Crippen molar-refractivity contribution in [2.24, 2.45) is 5.92 Å². The Morgan fingerprint density at radius 3 is 2.65 bits per heavy atom. The molecule has 0 aromatic heterocycles. The number of hydrogen-bond donors (Lipinski definition) is 1. The van der Waals surface area contributed by atoms with E-state index < -0.39 is 0 Å². The van der Waals surface area contributed by atoms with Crippen molar-refractivity contribution >= 4 is 5.91 Å². The topological polar surface area (TPSA) is 56.1 Å². The SMILES string of the molecule is Cc1cc(C#N)ccc1-c1cccc(C(=O)N[C@H]2CN3CCC2CC3)c1. The molecule has 2 aromatic carbocycles. The summed E-state index contributed by atoms with van der Waals surface area (Å²) in [5.41, 5.74) is 4.46. The van der Waals surface area contributed by atoms with E-state index >= 15 is 0 Å². The van der Waals surface area contributed by atoms with E-state index in [0.29, 0.717) is 17.0 Å². The molecule has 26 heavy (non-hydrogen) atoms. The van der Waals surface area contributed by atoms with Crippen LogP contribution < -0.4 is 5.32 Å². The van der Waals surface area contributed by atoms with Gasteiger partial charge >= 0.3 is 0 Å². The predicted molar refractivity (Wildman–Crippen MR) is 102 cm³/mol. The molecule has 0 radical (unpaired) electrons. The van der Waals surface area contributed by atoms with Crippen LogP contribution in [-0.4, -0.2) is 36.5 Å². The van der Waals surface area contributed by atoms with Crippen LogP contribution in [0.15, 0.2) is 42.5 Å². The highest BCUT2D eigenvalue weighted by Gasteiger charge is 2.34. The number of fused-ring (bicyclic) bond motifs is 3. The second-order valence-corrected chi connectivity index (χ2v) is 7.44. The number of piperidine rings is 3. The molecule has 2 aromatic rings. The second-order valence-electron chi connectivity index (χ2n) is 7.44. The summed E-state index contributed by atoms with van der Waals surface area (Å²) in [6.07, 6.45) is 2.38. The molecule has 0 unspecified atom stereocenters. The van der Waals surface area contributed by atoms with Gasteiger partial charge < -0.3 is 10.2 Å². The van der Waals surface area contributed by atoms with E-state index in [1.807, 2.05) is 49.4 Å². The Bertz CT molecular complexity index is 875. The highest BCUT2D eigenvalue weighted by Crippen LogP contribution is 2.28. The normalized spacial score (nSPS) is 24.1. The maximum Gasteiger partial charge on any atom is 0.251 e. The number of nitrogens with one attached hydrogen (secondary N) is 1. The summed E-state index contributed by atoms with van der Waals surface area (Å²) in [7, 11) is 0. The first-order valence-corrected chi connectivity index (χ1v) is 9.28. The zero-order chi connectivity index (χ0) is 18.1. The van der Waals surface area contributed by atoms with Crippen LogP contribution in [0.3, 0.4) is 0 Å². The summed E-state index contributed by atoms with van der Waals surface area (Å²) < 4.78 is 0. The molecule has 3 aliphatic rings. The molecule has 4 heteroatoms. The van der Waals surface area contributed by atoms with Crippen LogP contribution in [0.4, 0.5) is 0 Å². The summed E-state index contributed by atoms with van der Waals surface area (Å²) >= 11 is 0. The fourth-order valence-corrected chi connectivity index (χ4v) is 4.27. The number of nitrogens with zero attached hydrogens (tertiary/aromatic N) is 2. The number of hydrogen-bond acceptors (Lipinski definition) is 3. The first-order valence-electron chi connectivity index (χ1n) is 9.28. The molecule has 5 rings (SSSR count). The van der Waals surface area contributed by atoms with Crippen LogP contribution in [-0.2, 0) is 0 Å². The van der Waals surface area contributed by atoms with E-state index in [-0.39, 0.29) is 11.9 Å². The Balaban J connectivity index is 1.54. The van der Waals surface area contributed by atoms with Crippen molar-refractivity contribution in [3.63, 3.8) is 0 Å². The largest absolute Gasteiger partial charge is 0.348 e. The molecule has 2 bridgehead atoms. The second kappa shape index (κ2) is 6.93. The molecule has 1 amide bonds. The minimum atomic E-state index is 0.0110. The molecular weight excluding hydrogens is 322 g/mol. The number of nitriles is 1. The lowest BCUT2D eigenvalue weighted by molar-refractivity contribution is 0.0620. The molecule has 0 aliphatic carbocycles. The van der Waals surface area contributed by atoms with Crippen molar-refractivity contribution in [1.29, 1.82) is 5.26 Å². The van der Waals surface area contributed by atoms with E-state index in [1.54, 1.807) is 0 Å².